The predicted molar refractivity (Wildman–Crippen MR) is 122 cm³/mol. The van der Waals surface area contributed by atoms with Crippen LogP contribution >= 0.6 is 11.6 Å². The number of carbonyl (C=O) groups is 3. The Hall–Kier alpha value is -3.32. The third-order valence-corrected chi connectivity index (χ3v) is 3.98. The third-order valence-electron chi connectivity index (χ3n) is 3.75. The Morgan fingerprint density at radius 1 is 1.03 bits per heavy atom. The van der Waals surface area contributed by atoms with Crippen LogP contribution in [0.5, 0.6) is 0 Å². The Labute approximate surface area is 186 Å². The van der Waals surface area contributed by atoms with Gasteiger partial charge in [0.25, 0.3) is 0 Å². The van der Waals surface area contributed by atoms with E-state index in [1.54, 1.807) is 57.2 Å². The molecule has 0 atom stereocenters. The van der Waals surface area contributed by atoms with Crippen LogP contribution < -0.4 is 16.0 Å². The minimum atomic E-state index is -0.662. The van der Waals surface area contributed by atoms with Crippen molar-refractivity contribution in [3.8, 4) is 0 Å². The number of amides is 3. The van der Waals surface area contributed by atoms with Gasteiger partial charge in [-0.05, 0) is 62.2 Å². The molecule has 0 unspecified atom stereocenters. The molecule has 31 heavy (non-hydrogen) atoms. The third kappa shape index (κ3) is 9.82. The molecule has 2 aromatic carbocycles. The quantitative estimate of drug-likeness (QED) is 0.560. The van der Waals surface area contributed by atoms with Crippen LogP contribution in [0.15, 0.2) is 54.6 Å². The SMILES string of the molecule is CC(C)(C)OC(=O)NCC(=O)Nc1cccc(CNC(=O)/C=C/c2cccc(Cl)c2)c1. The normalized spacial score (nSPS) is 11.1. The summed E-state index contributed by atoms with van der Waals surface area (Å²) in [6, 6.07) is 14.2. The zero-order valence-electron chi connectivity index (χ0n) is 17.7. The van der Waals surface area contributed by atoms with Gasteiger partial charge in [-0.1, -0.05) is 35.9 Å². The molecule has 0 bridgehead atoms. The lowest BCUT2D eigenvalue weighted by atomic mass is 10.2. The van der Waals surface area contributed by atoms with E-state index in [4.69, 9.17) is 16.3 Å². The molecule has 164 valence electrons. The second-order valence-corrected chi connectivity index (χ2v) is 8.15. The molecule has 0 aliphatic heterocycles. The molecule has 0 spiro atoms. The molecule has 0 saturated carbocycles. The van der Waals surface area contributed by atoms with E-state index in [9.17, 15) is 14.4 Å². The zero-order valence-corrected chi connectivity index (χ0v) is 18.5. The van der Waals surface area contributed by atoms with Crippen molar-refractivity contribution in [2.24, 2.45) is 0 Å². The molecule has 0 aliphatic carbocycles. The van der Waals surface area contributed by atoms with Crippen molar-refractivity contribution in [2.45, 2.75) is 32.9 Å². The largest absolute Gasteiger partial charge is 0.444 e. The number of hydrogen-bond acceptors (Lipinski definition) is 4. The Kier molecular flexibility index (Phi) is 8.63. The number of carbonyl (C=O) groups excluding carboxylic acids is 3. The van der Waals surface area contributed by atoms with Gasteiger partial charge in [-0.25, -0.2) is 4.79 Å². The maximum atomic E-state index is 12.0. The van der Waals surface area contributed by atoms with E-state index < -0.39 is 17.6 Å². The van der Waals surface area contributed by atoms with Crippen molar-refractivity contribution in [2.75, 3.05) is 11.9 Å². The van der Waals surface area contributed by atoms with Gasteiger partial charge >= 0.3 is 6.09 Å². The number of halogens is 1. The topological polar surface area (TPSA) is 96.5 Å². The Morgan fingerprint density at radius 3 is 2.48 bits per heavy atom. The molecule has 0 aliphatic rings. The van der Waals surface area contributed by atoms with Crippen molar-refractivity contribution >= 4 is 41.3 Å². The maximum absolute atomic E-state index is 12.0. The highest BCUT2D eigenvalue weighted by atomic mass is 35.5. The summed E-state index contributed by atoms with van der Waals surface area (Å²) < 4.78 is 5.08. The minimum absolute atomic E-state index is 0.218. The monoisotopic (exact) mass is 443 g/mol. The first kappa shape index (κ1) is 24.0. The highest BCUT2D eigenvalue weighted by Crippen LogP contribution is 2.12. The van der Waals surface area contributed by atoms with Crippen molar-refractivity contribution in [3.05, 3.63) is 70.8 Å². The van der Waals surface area contributed by atoms with Crippen LogP contribution in [0.3, 0.4) is 0 Å². The first-order chi connectivity index (χ1) is 14.6. The van der Waals surface area contributed by atoms with Gasteiger partial charge in [0.2, 0.25) is 11.8 Å². The van der Waals surface area contributed by atoms with Crippen LogP contribution in [0.1, 0.15) is 31.9 Å². The second-order valence-electron chi connectivity index (χ2n) is 7.71. The van der Waals surface area contributed by atoms with E-state index in [1.807, 2.05) is 18.2 Å². The van der Waals surface area contributed by atoms with Crippen molar-refractivity contribution in [1.29, 1.82) is 0 Å². The van der Waals surface area contributed by atoms with Crippen LogP contribution in [0, 0.1) is 0 Å². The summed E-state index contributed by atoms with van der Waals surface area (Å²) in [5, 5.41) is 8.47. The zero-order chi connectivity index (χ0) is 22.9. The van der Waals surface area contributed by atoms with Gasteiger partial charge in [0.15, 0.2) is 0 Å². The van der Waals surface area contributed by atoms with E-state index in [1.165, 1.54) is 6.08 Å². The summed E-state index contributed by atoms with van der Waals surface area (Å²) in [5.41, 5.74) is 1.55. The molecular weight excluding hydrogens is 418 g/mol. The molecule has 0 heterocycles. The standard InChI is InChI=1S/C23H26ClN3O4/c1-23(2,3)31-22(30)26-15-21(29)27-19-9-5-7-17(13-19)14-25-20(28)11-10-16-6-4-8-18(24)12-16/h4-13H,14-15H2,1-3H3,(H,25,28)(H,26,30)(H,27,29)/b11-10+. The van der Waals surface area contributed by atoms with E-state index >= 15 is 0 Å². The van der Waals surface area contributed by atoms with E-state index in [0.717, 1.165) is 11.1 Å². The Morgan fingerprint density at radius 2 is 1.77 bits per heavy atom. The Balaban J connectivity index is 1.81. The molecule has 0 saturated heterocycles. The number of benzene rings is 2. The minimum Gasteiger partial charge on any atom is -0.444 e. The van der Waals surface area contributed by atoms with Crippen LogP contribution in [-0.4, -0.2) is 30.1 Å². The van der Waals surface area contributed by atoms with Crippen LogP contribution in [-0.2, 0) is 20.9 Å². The van der Waals surface area contributed by atoms with Gasteiger partial charge in [-0.15, -0.1) is 0 Å². The average Bonchev–Trinajstić information content (AvgIpc) is 2.68. The van der Waals surface area contributed by atoms with Crippen molar-refractivity contribution in [1.82, 2.24) is 10.6 Å². The van der Waals surface area contributed by atoms with Gasteiger partial charge in [0, 0.05) is 23.3 Å². The summed E-state index contributed by atoms with van der Waals surface area (Å²) in [5.74, 6) is -0.646. The summed E-state index contributed by atoms with van der Waals surface area (Å²) in [6.45, 7) is 5.29. The molecule has 3 N–H and O–H groups in total. The fraction of sp³-hybridized carbons (Fsp3) is 0.261. The molecule has 8 heteroatoms. The number of alkyl carbamates (subject to hydrolysis) is 1. The molecule has 3 amide bonds. The first-order valence-electron chi connectivity index (χ1n) is 9.68. The lowest BCUT2D eigenvalue weighted by Crippen LogP contribution is -2.37. The predicted octanol–water partition coefficient (Wildman–Crippen LogP) is 4.13. The fourth-order valence-corrected chi connectivity index (χ4v) is 2.66. The number of nitrogens with one attached hydrogen (secondary N) is 3. The highest BCUT2D eigenvalue weighted by molar-refractivity contribution is 6.30. The van der Waals surface area contributed by atoms with Gasteiger partial charge in [-0.2, -0.15) is 0 Å². The summed E-state index contributed by atoms with van der Waals surface area (Å²) >= 11 is 5.92. The summed E-state index contributed by atoms with van der Waals surface area (Å²) in [6.07, 6.45) is 2.44. The van der Waals surface area contributed by atoms with E-state index in [2.05, 4.69) is 16.0 Å². The van der Waals surface area contributed by atoms with Gasteiger partial charge in [0.1, 0.15) is 12.1 Å². The Bertz CT molecular complexity index is 967. The lowest BCUT2D eigenvalue weighted by molar-refractivity contribution is -0.117. The molecule has 2 aromatic rings. The number of anilines is 1. The first-order valence-corrected chi connectivity index (χ1v) is 10.1. The number of hydrogen-bond donors (Lipinski definition) is 3. The van der Waals surface area contributed by atoms with Gasteiger partial charge < -0.3 is 20.7 Å². The van der Waals surface area contributed by atoms with Crippen molar-refractivity contribution in [3.63, 3.8) is 0 Å². The number of rotatable bonds is 7. The van der Waals surface area contributed by atoms with Crippen LogP contribution in [0.2, 0.25) is 5.02 Å². The fourth-order valence-electron chi connectivity index (χ4n) is 2.46. The number of ether oxygens (including phenoxy) is 1. The van der Waals surface area contributed by atoms with Gasteiger partial charge in [-0.3, -0.25) is 9.59 Å². The molecule has 0 radical (unpaired) electrons. The smallest absolute Gasteiger partial charge is 0.408 e. The highest BCUT2D eigenvalue weighted by Gasteiger charge is 2.16. The lowest BCUT2D eigenvalue weighted by Gasteiger charge is -2.19. The van der Waals surface area contributed by atoms with Crippen LogP contribution in [0.25, 0.3) is 6.08 Å². The molecule has 2 rings (SSSR count). The second kappa shape index (κ2) is 11.2. The summed E-state index contributed by atoms with van der Waals surface area (Å²) in [7, 11) is 0. The molecule has 7 nitrogen and oxygen atoms in total. The van der Waals surface area contributed by atoms with Crippen molar-refractivity contribution < 1.29 is 19.1 Å². The van der Waals surface area contributed by atoms with E-state index in [0.29, 0.717) is 17.3 Å². The summed E-state index contributed by atoms with van der Waals surface area (Å²) in [4.78, 5) is 35.7. The molecule has 0 fully saturated rings. The van der Waals surface area contributed by atoms with Gasteiger partial charge in [0.05, 0.1) is 0 Å². The average molecular weight is 444 g/mol. The van der Waals surface area contributed by atoms with Crippen LogP contribution in [0.4, 0.5) is 10.5 Å². The molecule has 0 aromatic heterocycles. The maximum Gasteiger partial charge on any atom is 0.408 e. The van der Waals surface area contributed by atoms with E-state index in [-0.39, 0.29) is 12.5 Å². The molecular formula is C23H26ClN3O4.